The molecular weight excluding hydrogens is 240 g/mol. The molecule has 1 heterocycles. The molecule has 0 unspecified atom stereocenters. The van der Waals surface area contributed by atoms with E-state index in [-0.39, 0.29) is 0 Å². The fraction of sp³-hybridized carbons (Fsp3) is 0.333. The lowest BCUT2D eigenvalue weighted by molar-refractivity contribution is 0.379. The molecule has 0 aliphatic heterocycles. The Morgan fingerprint density at radius 1 is 1.28 bits per heavy atom. The van der Waals surface area contributed by atoms with E-state index in [0.717, 1.165) is 18.7 Å². The molecule has 0 bridgehead atoms. The van der Waals surface area contributed by atoms with Crippen LogP contribution in [-0.2, 0) is 12.8 Å². The van der Waals surface area contributed by atoms with Gasteiger partial charge in [0.25, 0.3) is 0 Å². The highest BCUT2D eigenvalue weighted by Crippen LogP contribution is 2.12. The average Bonchev–Trinajstić information content (AvgIpc) is 2.79. The second kappa shape index (κ2) is 5.68. The summed E-state index contributed by atoms with van der Waals surface area (Å²) in [7, 11) is 1.84. The Morgan fingerprint density at radius 2 is 2.11 bits per heavy atom. The van der Waals surface area contributed by atoms with Crippen molar-refractivity contribution in [1.29, 1.82) is 0 Å². The van der Waals surface area contributed by atoms with Crippen LogP contribution < -0.4 is 5.32 Å². The molecule has 0 saturated carbocycles. The normalized spacial score (nSPS) is 10.8. The van der Waals surface area contributed by atoms with Gasteiger partial charge in [-0.3, -0.25) is 0 Å². The highest BCUT2D eigenvalue weighted by Gasteiger charge is 2.09. The minimum absolute atomic E-state index is 0.295. The van der Waals surface area contributed by atoms with Crippen molar-refractivity contribution in [1.82, 2.24) is 15.5 Å². The second-order valence-corrected chi connectivity index (χ2v) is 3.88. The highest BCUT2D eigenvalue weighted by molar-refractivity contribution is 5.20. The summed E-state index contributed by atoms with van der Waals surface area (Å²) in [5.74, 6) is -0.740. The van der Waals surface area contributed by atoms with Crippen LogP contribution in [0.25, 0.3) is 0 Å². The Balaban J connectivity index is 2.04. The van der Waals surface area contributed by atoms with Gasteiger partial charge in [-0.05, 0) is 24.7 Å². The molecule has 1 N–H and O–H groups in total. The van der Waals surface area contributed by atoms with Crippen molar-refractivity contribution in [3.63, 3.8) is 0 Å². The number of benzene rings is 1. The molecule has 0 aliphatic rings. The monoisotopic (exact) mass is 253 g/mol. The number of likely N-dealkylation sites (N-methyl/N-ethyl adjacent to an activating group) is 1. The van der Waals surface area contributed by atoms with E-state index < -0.39 is 11.6 Å². The van der Waals surface area contributed by atoms with Crippen LogP contribution in [0.3, 0.4) is 0 Å². The minimum atomic E-state index is -0.873. The molecule has 0 aliphatic carbocycles. The first-order valence-electron chi connectivity index (χ1n) is 5.59. The zero-order chi connectivity index (χ0) is 13.0. The van der Waals surface area contributed by atoms with Gasteiger partial charge in [-0.25, -0.2) is 8.78 Å². The smallest absolute Gasteiger partial charge is 0.231 e. The lowest BCUT2D eigenvalue weighted by Crippen LogP contribution is -2.11. The molecule has 1 aromatic carbocycles. The van der Waals surface area contributed by atoms with Crippen LogP contribution in [0.4, 0.5) is 8.78 Å². The lowest BCUT2D eigenvalue weighted by atomic mass is 10.1. The van der Waals surface area contributed by atoms with E-state index in [0.29, 0.717) is 30.1 Å². The van der Waals surface area contributed by atoms with E-state index in [1.54, 1.807) is 0 Å². The van der Waals surface area contributed by atoms with Crippen molar-refractivity contribution in [3.8, 4) is 0 Å². The Labute approximate surface area is 103 Å². The van der Waals surface area contributed by atoms with Crippen LogP contribution in [0.1, 0.15) is 17.3 Å². The van der Waals surface area contributed by atoms with Crippen LogP contribution in [0, 0.1) is 11.6 Å². The van der Waals surface area contributed by atoms with Crippen molar-refractivity contribution >= 4 is 0 Å². The summed E-state index contributed by atoms with van der Waals surface area (Å²) in [6.45, 7) is 0.754. The summed E-state index contributed by atoms with van der Waals surface area (Å²) in [5, 5.41) is 6.77. The molecule has 0 radical (unpaired) electrons. The van der Waals surface area contributed by atoms with Crippen molar-refractivity contribution in [3.05, 3.63) is 47.1 Å². The van der Waals surface area contributed by atoms with Gasteiger partial charge in [0.15, 0.2) is 17.5 Å². The molecule has 2 aromatic rings. The van der Waals surface area contributed by atoms with Crippen LogP contribution >= 0.6 is 0 Å². The standard InChI is InChI=1S/C12H13F2N3O/c1-15-5-4-11-16-12(18-17-11)7-8-2-3-9(13)10(14)6-8/h2-3,6,15H,4-5,7H2,1H3. The van der Waals surface area contributed by atoms with Gasteiger partial charge in [0.05, 0.1) is 6.42 Å². The van der Waals surface area contributed by atoms with Gasteiger partial charge >= 0.3 is 0 Å². The number of nitrogens with zero attached hydrogens (tertiary/aromatic N) is 2. The molecule has 0 amide bonds. The van der Waals surface area contributed by atoms with E-state index in [4.69, 9.17) is 4.52 Å². The van der Waals surface area contributed by atoms with E-state index in [1.165, 1.54) is 6.07 Å². The summed E-state index contributed by atoms with van der Waals surface area (Å²) in [6, 6.07) is 3.71. The second-order valence-electron chi connectivity index (χ2n) is 3.88. The fourth-order valence-corrected chi connectivity index (χ4v) is 1.52. The molecule has 18 heavy (non-hydrogen) atoms. The number of hydrogen-bond donors (Lipinski definition) is 1. The zero-order valence-corrected chi connectivity index (χ0v) is 9.91. The third kappa shape index (κ3) is 3.10. The van der Waals surface area contributed by atoms with Gasteiger partial charge in [-0.1, -0.05) is 11.2 Å². The van der Waals surface area contributed by atoms with Crippen molar-refractivity contribution < 1.29 is 13.3 Å². The summed E-state index contributed by atoms with van der Waals surface area (Å²) in [5.41, 5.74) is 0.595. The van der Waals surface area contributed by atoms with E-state index in [1.807, 2.05) is 7.05 Å². The quantitative estimate of drug-likeness (QED) is 0.881. The van der Waals surface area contributed by atoms with Gasteiger partial charge in [-0.2, -0.15) is 4.98 Å². The van der Waals surface area contributed by atoms with E-state index >= 15 is 0 Å². The Bertz CT molecular complexity index is 528. The Hall–Kier alpha value is -1.82. The van der Waals surface area contributed by atoms with E-state index in [9.17, 15) is 8.78 Å². The van der Waals surface area contributed by atoms with Crippen LogP contribution in [0.15, 0.2) is 22.7 Å². The maximum absolute atomic E-state index is 13.0. The predicted octanol–water partition coefficient (Wildman–Crippen LogP) is 1.70. The minimum Gasteiger partial charge on any atom is -0.339 e. The zero-order valence-electron chi connectivity index (χ0n) is 9.91. The number of nitrogens with one attached hydrogen (secondary N) is 1. The maximum Gasteiger partial charge on any atom is 0.231 e. The van der Waals surface area contributed by atoms with Crippen molar-refractivity contribution in [2.75, 3.05) is 13.6 Å². The summed E-state index contributed by atoms with van der Waals surface area (Å²) in [4.78, 5) is 4.16. The number of aromatic nitrogens is 2. The average molecular weight is 253 g/mol. The molecule has 0 atom stereocenters. The summed E-state index contributed by atoms with van der Waals surface area (Å²) >= 11 is 0. The summed E-state index contributed by atoms with van der Waals surface area (Å²) < 4.78 is 30.8. The molecule has 6 heteroatoms. The van der Waals surface area contributed by atoms with Crippen molar-refractivity contribution in [2.24, 2.45) is 0 Å². The van der Waals surface area contributed by atoms with Gasteiger partial charge in [0, 0.05) is 13.0 Å². The maximum atomic E-state index is 13.0. The molecule has 0 spiro atoms. The van der Waals surface area contributed by atoms with Gasteiger partial charge in [0.1, 0.15) is 0 Å². The SMILES string of the molecule is CNCCc1noc(Cc2ccc(F)c(F)c2)n1. The number of halogens is 2. The number of hydrogen-bond acceptors (Lipinski definition) is 4. The third-order valence-electron chi connectivity index (χ3n) is 2.45. The van der Waals surface area contributed by atoms with Gasteiger partial charge in [-0.15, -0.1) is 0 Å². The molecule has 1 aromatic heterocycles. The first kappa shape index (κ1) is 12.6. The Kier molecular flexibility index (Phi) is 3.99. The molecule has 2 rings (SSSR count). The lowest BCUT2D eigenvalue weighted by Gasteiger charge is -1.97. The predicted molar refractivity (Wildman–Crippen MR) is 61.1 cm³/mol. The van der Waals surface area contributed by atoms with Crippen LogP contribution in [0.5, 0.6) is 0 Å². The van der Waals surface area contributed by atoms with Crippen molar-refractivity contribution in [2.45, 2.75) is 12.8 Å². The van der Waals surface area contributed by atoms with E-state index in [2.05, 4.69) is 15.5 Å². The molecule has 4 nitrogen and oxygen atoms in total. The largest absolute Gasteiger partial charge is 0.339 e. The van der Waals surface area contributed by atoms with Gasteiger partial charge < -0.3 is 9.84 Å². The van der Waals surface area contributed by atoms with Gasteiger partial charge in [0.2, 0.25) is 5.89 Å². The topological polar surface area (TPSA) is 51.0 Å². The first-order valence-corrected chi connectivity index (χ1v) is 5.59. The van der Waals surface area contributed by atoms with Crippen LogP contribution in [-0.4, -0.2) is 23.7 Å². The first-order chi connectivity index (χ1) is 8.69. The van der Waals surface area contributed by atoms with Crippen LogP contribution in [0.2, 0.25) is 0 Å². The molecule has 0 saturated heterocycles. The highest BCUT2D eigenvalue weighted by atomic mass is 19.2. The fourth-order valence-electron chi connectivity index (χ4n) is 1.52. The molecule has 0 fully saturated rings. The third-order valence-corrected chi connectivity index (χ3v) is 2.45. The summed E-state index contributed by atoms with van der Waals surface area (Å²) in [6.07, 6.45) is 0.960. The molecule has 96 valence electrons. The number of rotatable bonds is 5. The molecular formula is C12H13F2N3O. The Morgan fingerprint density at radius 3 is 2.83 bits per heavy atom.